The molecule has 0 bridgehead atoms. The van der Waals surface area contributed by atoms with Crippen molar-refractivity contribution in [2.75, 3.05) is 25.0 Å². The zero-order valence-corrected chi connectivity index (χ0v) is 12.7. The van der Waals surface area contributed by atoms with Crippen LogP contribution in [-0.4, -0.2) is 24.2 Å². The molecule has 0 atom stereocenters. The Kier molecular flexibility index (Phi) is 4.66. The molecular weight excluding hydrogens is 294 g/mol. The maximum absolute atomic E-state index is 6.14. The molecule has 0 radical (unpaired) electrons. The summed E-state index contributed by atoms with van der Waals surface area (Å²) in [7, 11) is 3.11. The Morgan fingerprint density at radius 1 is 1.10 bits per heavy atom. The number of nitrogen functional groups attached to an aromatic ring is 1. The third-order valence-electron chi connectivity index (χ3n) is 2.95. The van der Waals surface area contributed by atoms with E-state index < -0.39 is 0 Å². The van der Waals surface area contributed by atoms with Crippen LogP contribution in [0.3, 0.4) is 0 Å². The Morgan fingerprint density at radius 2 is 1.76 bits per heavy atom. The molecule has 2 aromatic rings. The number of rotatable bonds is 5. The van der Waals surface area contributed by atoms with Gasteiger partial charge in [-0.15, -0.1) is 0 Å². The van der Waals surface area contributed by atoms with Gasteiger partial charge in [0.2, 0.25) is 0 Å². The minimum atomic E-state index is 0.463. The molecule has 0 unspecified atom stereocenters. The van der Waals surface area contributed by atoms with E-state index in [4.69, 9.17) is 26.9 Å². The number of aromatic nitrogens is 2. The number of halogens is 1. The van der Waals surface area contributed by atoms with Crippen molar-refractivity contribution < 1.29 is 9.47 Å². The summed E-state index contributed by atoms with van der Waals surface area (Å²) < 4.78 is 10.5. The SMILES string of the molecule is COc1cc(OC)c(Nc2ncnc(NN)c2C)cc1Cl. The predicted molar refractivity (Wildman–Crippen MR) is 82.4 cm³/mol. The molecule has 1 heterocycles. The number of nitrogens with two attached hydrogens (primary N) is 1. The van der Waals surface area contributed by atoms with E-state index >= 15 is 0 Å². The molecule has 2 rings (SSSR count). The Morgan fingerprint density at radius 3 is 2.38 bits per heavy atom. The van der Waals surface area contributed by atoms with Gasteiger partial charge in [0.05, 0.1) is 24.9 Å². The normalized spacial score (nSPS) is 10.1. The van der Waals surface area contributed by atoms with E-state index in [0.29, 0.717) is 33.8 Å². The fourth-order valence-electron chi connectivity index (χ4n) is 1.81. The fourth-order valence-corrected chi connectivity index (χ4v) is 2.05. The highest BCUT2D eigenvalue weighted by molar-refractivity contribution is 6.32. The average Bonchev–Trinajstić information content (AvgIpc) is 2.49. The molecular formula is C13H16ClN5O2. The first kappa shape index (κ1) is 15.1. The molecule has 112 valence electrons. The monoisotopic (exact) mass is 309 g/mol. The van der Waals surface area contributed by atoms with Crippen LogP contribution < -0.4 is 26.1 Å². The summed E-state index contributed by atoms with van der Waals surface area (Å²) in [6.07, 6.45) is 1.40. The molecule has 0 aliphatic heterocycles. The number of hydrazine groups is 1. The molecule has 0 spiro atoms. The predicted octanol–water partition coefficient (Wildman–Crippen LogP) is 2.48. The summed E-state index contributed by atoms with van der Waals surface area (Å²) >= 11 is 6.14. The molecule has 0 amide bonds. The Bertz CT molecular complexity index is 651. The lowest BCUT2D eigenvalue weighted by Gasteiger charge is -2.15. The minimum Gasteiger partial charge on any atom is -0.495 e. The number of hydrogen-bond acceptors (Lipinski definition) is 7. The van der Waals surface area contributed by atoms with Crippen LogP contribution in [0.4, 0.5) is 17.3 Å². The standard InChI is InChI=1S/C13H16ClN5O2/c1-7-12(16-6-17-13(7)19-15)18-9-4-8(14)10(20-2)5-11(9)21-3/h4-6H,15H2,1-3H3,(H2,16,17,18,19). The second-order valence-electron chi connectivity index (χ2n) is 4.15. The largest absolute Gasteiger partial charge is 0.495 e. The summed E-state index contributed by atoms with van der Waals surface area (Å²) in [4.78, 5) is 8.20. The van der Waals surface area contributed by atoms with Crippen LogP contribution in [0.1, 0.15) is 5.56 Å². The fraction of sp³-hybridized carbons (Fsp3) is 0.231. The topological polar surface area (TPSA) is 94.3 Å². The summed E-state index contributed by atoms with van der Waals surface area (Å²) in [6, 6.07) is 3.40. The molecule has 7 nitrogen and oxygen atoms in total. The van der Waals surface area contributed by atoms with Gasteiger partial charge >= 0.3 is 0 Å². The van der Waals surface area contributed by atoms with Crippen molar-refractivity contribution in [1.29, 1.82) is 0 Å². The highest BCUT2D eigenvalue weighted by Crippen LogP contribution is 2.37. The Hall–Kier alpha value is -2.25. The highest BCUT2D eigenvalue weighted by Gasteiger charge is 2.13. The molecule has 0 aliphatic rings. The van der Waals surface area contributed by atoms with Crippen LogP contribution in [0.25, 0.3) is 0 Å². The van der Waals surface area contributed by atoms with Gasteiger partial charge in [-0.1, -0.05) is 11.6 Å². The van der Waals surface area contributed by atoms with Gasteiger partial charge in [-0.25, -0.2) is 15.8 Å². The van der Waals surface area contributed by atoms with E-state index in [-0.39, 0.29) is 0 Å². The number of anilines is 3. The van der Waals surface area contributed by atoms with Gasteiger partial charge < -0.3 is 20.2 Å². The van der Waals surface area contributed by atoms with E-state index in [1.54, 1.807) is 26.4 Å². The molecule has 1 aromatic heterocycles. The van der Waals surface area contributed by atoms with Gasteiger partial charge in [-0.05, 0) is 13.0 Å². The lowest BCUT2D eigenvalue weighted by molar-refractivity contribution is 0.396. The third-order valence-corrected chi connectivity index (χ3v) is 3.24. The van der Waals surface area contributed by atoms with Crippen molar-refractivity contribution in [1.82, 2.24) is 9.97 Å². The van der Waals surface area contributed by atoms with Crippen molar-refractivity contribution in [3.05, 3.63) is 29.0 Å². The van der Waals surface area contributed by atoms with Gasteiger partial charge in [0, 0.05) is 11.6 Å². The first-order valence-corrected chi connectivity index (χ1v) is 6.45. The van der Waals surface area contributed by atoms with E-state index in [2.05, 4.69) is 20.7 Å². The van der Waals surface area contributed by atoms with Crippen molar-refractivity contribution in [2.24, 2.45) is 5.84 Å². The molecule has 4 N–H and O–H groups in total. The maximum atomic E-state index is 6.14. The van der Waals surface area contributed by atoms with Gasteiger partial charge in [0.15, 0.2) is 0 Å². The summed E-state index contributed by atoms with van der Waals surface area (Å²) in [6.45, 7) is 1.84. The van der Waals surface area contributed by atoms with Crippen LogP contribution in [0, 0.1) is 6.92 Å². The molecule has 0 saturated carbocycles. The Labute approximate surface area is 127 Å². The molecule has 21 heavy (non-hydrogen) atoms. The first-order chi connectivity index (χ1) is 10.1. The van der Waals surface area contributed by atoms with Crippen molar-refractivity contribution >= 4 is 28.9 Å². The second-order valence-corrected chi connectivity index (χ2v) is 4.56. The Balaban J connectivity index is 2.42. The van der Waals surface area contributed by atoms with Crippen LogP contribution >= 0.6 is 11.6 Å². The molecule has 0 aliphatic carbocycles. The van der Waals surface area contributed by atoms with Crippen molar-refractivity contribution in [2.45, 2.75) is 6.92 Å². The number of benzene rings is 1. The molecule has 8 heteroatoms. The van der Waals surface area contributed by atoms with Crippen LogP contribution in [0.5, 0.6) is 11.5 Å². The first-order valence-electron chi connectivity index (χ1n) is 6.07. The molecule has 0 fully saturated rings. The number of methoxy groups -OCH3 is 2. The summed E-state index contributed by atoms with van der Waals surface area (Å²) in [5.41, 5.74) is 3.94. The summed E-state index contributed by atoms with van der Waals surface area (Å²) in [5, 5.41) is 3.61. The summed E-state index contributed by atoms with van der Waals surface area (Å²) in [5.74, 6) is 7.64. The smallest absolute Gasteiger partial charge is 0.148 e. The van der Waals surface area contributed by atoms with Crippen LogP contribution in [-0.2, 0) is 0 Å². The number of nitrogens with zero attached hydrogens (tertiary/aromatic N) is 2. The second kappa shape index (κ2) is 6.47. The van der Waals surface area contributed by atoms with Crippen LogP contribution in [0.2, 0.25) is 5.02 Å². The van der Waals surface area contributed by atoms with Gasteiger partial charge in [-0.2, -0.15) is 0 Å². The minimum absolute atomic E-state index is 0.463. The van der Waals surface area contributed by atoms with E-state index in [1.165, 1.54) is 6.33 Å². The number of ether oxygens (including phenoxy) is 2. The maximum Gasteiger partial charge on any atom is 0.148 e. The highest BCUT2D eigenvalue weighted by atomic mass is 35.5. The zero-order valence-electron chi connectivity index (χ0n) is 11.9. The van der Waals surface area contributed by atoms with Crippen molar-refractivity contribution in [3.63, 3.8) is 0 Å². The average molecular weight is 310 g/mol. The quantitative estimate of drug-likeness (QED) is 0.577. The number of hydrogen-bond donors (Lipinski definition) is 3. The third kappa shape index (κ3) is 3.09. The number of nitrogens with one attached hydrogen (secondary N) is 2. The van der Waals surface area contributed by atoms with E-state index in [9.17, 15) is 0 Å². The van der Waals surface area contributed by atoms with Crippen molar-refractivity contribution in [3.8, 4) is 11.5 Å². The van der Waals surface area contributed by atoms with E-state index in [0.717, 1.165) is 5.56 Å². The lowest BCUT2D eigenvalue weighted by Crippen LogP contribution is -2.11. The lowest BCUT2D eigenvalue weighted by atomic mass is 10.2. The molecule has 1 aromatic carbocycles. The van der Waals surface area contributed by atoms with Gasteiger partial charge in [0.1, 0.15) is 29.5 Å². The van der Waals surface area contributed by atoms with E-state index in [1.807, 2.05) is 6.92 Å². The molecule has 0 saturated heterocycles. The van der Waals surface area contributed by atoms with Crippen LogP contribution in [0.15, 0.2) is 18.5 Å². The van der Waals surface area contributed by atoms with Gasteiger partial charge in [-0.3, -0.25) is 0 Å². The zero-order chi connectivity index (χ0) is 15.4. The van der Waals surface area contributed by atoms with Gasteiger partial charge in [0.25, 0.3) is 0 Å².